The summed E-state index contributed by atoms with van der Waals surface area (Å²) in [6, 6.07) is 11.6. The summed E-state index contributed by atoms with van der Waals surface area (Å²) < 4.78 is 12.9. The van der Waals surface area contributed by atoms with Gasteiger partial charge in [0.2, 0.25) is 0 Å². The van der Waals surface area contributed by atoms with Crippen molar-refractivity contribution in [2.45, 2.75) is 0 Å². The number of nitrogens with one attached hydrogen (secondary N) is 1. The Kier molecular flexibility index (Phi) is 5.66. The van der Waals surface area contributed by atoms with Gasteiger partial charge in [-0.2, -0.15) is 0 Å². The fourth-order valence-electron chi connectivity index (χ4n) is 2.20. The first-order valence-corrected chi connectivity index (χ1v) is 8.73. The minimum atomic E-state index is -0.590. The van der Waals surface area contributed by atoms with Crippen LogP contribution in [-0.4, -0.2) is 21.6 Å². The van der Waals surface area contributed by atoms with Crippen molar-refractivity contribution in [3.05, 3.63) is 93.4 Å². The predicted octanol–water partition coefficient (Wildman–Crippen LogP) is 4.34. The first-order chi connectivity index (χ1) is 13.4. The van der Waals surface area contributed by atoms with Gasteiger partial charge in [-0.1, -0.05) is 30.3 Å². The number of benzene rings is 2. The highest BCUT2D eigenvalue weighted by atomic mass is 32.1. The summed E-state index contributed by atoms with van der Waals surface area (Å²) in [6.45, 7) is 0. The first kappa shape index (κ1) is 19.1. The SMILES string of the molecule is O=C(/C=C/c1ccc(F)cc1)c1ccc(C(=O)Nc2ncc([N+](=O)[O-])s2)cc1. The molecule has 0 fully saturated rings. The Morgan fingerprint density at radius 2 is 1.71 bits per heavy atom. The normalized spacial score (nSPS) is 10.8. The molecule has 9 heteroatoms. The van der Waals surface area contributed by atoms with Gasteiger partial charge in [-0.25, -0.2) is 9.37 Å². The van der Waals surface area contributed by atoms with E-state index in [0.717, 1.165) is 17.5 Å². The molecule has 0 aliphatic heterocycles. The van der Waals surface area contributed by atoms with Gasteiger partial charge >= 0.3 is 5.00 Å². The molecule has 3 aromatic rings. The Morgan fingerprint density at radius 1 is 1.07 bits per heavy atom. The van der Waals surface area contributed by atoms with Crippen LogP contribution in [0.1, 0.15) is 26.3 Å². The van der Waals surface area contributed by atoms with Gasteiger partial charge < -0.3 is 0 Å². The lowest BCUT2D eigenvalue weighted by atomic mass is 10.1. The van der Waals surface area contributed by atoms with Gasteiger partial charge in [-0.05, 0) is 47.2 Å². The number of hydrogen-bond donors (Lipinski definition) is 1. The van der Waals surface area contributed by atoms with E-state index < -0.39 is 10.8 Å². The third kappa shape index (κ3) is 4.71. The summed E-state index contributed by atoms with van der Waals surface area (Å²) >= 11 is 0.749. The Hall–Kier alpha value is -3.72. The number of thiazole rings is 1. The molecule has 0 saturated heterocycles. The van der Waals surface area contributed by atoms with Gasteiger partial charge in [0.1, 0.15) is 12.0 Å². The number of hydrogen-bond acceptors (Lipinski definition) is 6. The lowest BCUT2D eigenvalue weighted by molar-refractivity contribution is -0.380. The second-order valence-corrected chi connectivity index (χ2v) is 6.55. The molecule has 0 aliphatic carbocycles. The standard InChI is InChI=1S/C19H12FN3O4S/c20-15-8-1-12(2-9-15)3-10-16(24)13-4-6-14(7-5-13)18(25)22-19-21-11-17(28-19)23(26)27/h1-11H,(H,21,22,25)/b10-3+. The molecular formula is C19H12FN3O4S. The molecule has 0 saturated carbocycles. The molecule has 2 aromatic carbocycles. The highest BCUT2D eigenvalue weighted by molar-refractivity contribution is 7.18. The van der Waals surface area contributed by atoms with Crippen LogP contribution in [0.25, 0.3) is 6.08 Å². The van der Waals surface area contributed by atoms with Crippen LogP contribution in [0.4, 0.5) is 14.5 Å². The summed E-state index contributed by atoms with van der Waals surface area (Å²) in [4.78, 5) is 38.2. The van der Waals surface area contributed by atoms with Crippen molar-refractivity contribution in [2.75, 3.05) is 5.32 Å². The van der Waals surface area contributed by atoms with Crippen molar-refractivity contribution in [3.63, 3.8) is 0 Å². The van der Waals surface area contributed by atoms with E-state index >= 15 is 0 Å². The van der Waals surface area contributed by atoms with Crippen molar-refractivity contribution in [2.24, 2.45) is 0 Å². The quantitative estimate of drug-likeness (QED) is 0.288. The smallest absolute Gasteiger partial charge is 0.298 e. The molecule has 0 unspecified atom stereocenters. The molecule has 0 atom stereocenters. The van der Waals surface area contributed by atoms with E-state index in [1.165, 1.54) is 42.5 Å². The van der Waals surface area contributed by atoms with E-state index in [2.05, 4.69) is 10.3 Å². The molecule has 0 radical (unpaired) electrons. The van der Waals surface area contributed by atoms with Crippen LogP contribution in [0, 0.1) is 15.9 Å². The number of allylic oxidation sites excluding steroid dienone is 1. The Balaban J connectivity index is 1.64. The zero-order valence-corrected chi connectivity index (χ0v) is 15.0. The van der Waals surface area contributed by atoms with Crippen molar-refractivity contribution < 1.29 is 18.9 Å². The topological polar surface area (TPSA) is 102 Å². The van der Waals surface area contributed by atoms with Crippen LogP contribution in [0.2, 0.25) is 0 Å². The largest absolute Gasteiger partial charge is 0.345 e. The Morgan fingerprint density at radius 3 is 2.32 bits per heavy atom. The lowest BCUT2D eigenvalue weighted by Crippen LogP contribution is -2.11. The number of halogens is 1. The molecule has 1 aromatic heterocycles. The monoisotopic (exact) mass is 397 g/mol. The lowest BCUT2D eigenvalue weighted by Gasteiger charge is -2.02. The van der Waals surface area contributed by atoms with E-state index in [1.54, 1.807) is 18.2 Å². The summed E-state index contributed by atoms with van der Waals surface area (Å²) in [5.74, 6) is -1.12. The average Bonchev–Trinajstić information content (AvgIpc) is 3.16. The average molecular weight is 397 g/mol. The van der Waals surface area contributed by atoms with E-state index in [4.69, 9.17) is 0 Å². The molecule has 0 aliphatic rings. The number of carbonyl (C=O) groups is 2. The summed E-state index contributed by atoms with van der Waals surface area (Å²) in [6.07, 6.45) is 3.99. The Labute approximate surface area is 162 Å². The predicted molar refractivity (Wildman–Crippen MR) is 103 cm³/mol. The molecular weight excluding hydrogens is 385 g/mol. The van der Waals surface area contributed by atoms with Crippen molar-refractivity contribution in [3.8, 4) is 0 Å². The van der Waals surface area contributed by atoms with Crippen molar-refractivity contribution in [1.29, 1.82) is 0 Å². The van der Waals surface area contributed by atoms with Gasteiger partial charge in [0.05, 0.1) is 4.92 Å². The number of amides is 1. The molecule has 1 amide bonds. The molecule has 1 N–H and O–H groups in total. The molecule has 0 spiro atoms. The highest BCUT2D eigenvalue weighted by Crippen LogP contribution is 2.25. The fraction of sp³-hybridized carbons (Fsp3) is 0. The molecule has 0 bridgehead atoms. The Bertz CT molecular complexity index is 1060. The highest BCUT2D eigenvalue weighted by Gasteiger charge is 2.14. The second-order valence-electron chi connectivity index (χ2n) is 5.54. The van der Waals surface area contributed by atoms with Crippen molar-refractivity contribution >= 4 is 39.2 Å². The van der Waals surface area contributed by atoms with E-state index in [0.29, 0.717) is 11.1 Å². The zero-order valence-electron chi connectivity index (χ0n) is 14.2. The summed E-state index contributed by atoms with van der Waals surface area (Å²) in [5, 5.41) is 13.0. The molecule has 3 rings (SSSR count). The van der Waals surface area contributed by atoms with Crippen LogP contribution in [0.15, 0.2) is 60.8 Å². The molecule has 28 heavy (non-hydrogen) atoms. The maximum Gasteiger partial charge on any atom is 0.345 e. The van der Waals surface area contributed by atoms with E-state index in [1.807, 2.05) is 0 Å². The number of ketones is 1. The minimum Gasteiger partial charge on any atom is -0.298 e. The number of carbonyl (C=O) groups excluding carboxylic acids is 2. The van der Waals surface area contributed by atoms with Gasteiger partial charge in [0.25, 0.3) is 5.91 Å². The summed E-state index contributed by atoms with van der Waals surface area (Å²) in [7, 11) is 0. The van der Waals surface area contributed by atoms with Crippen LogP contribution in [-0.2, 0) is 0 Å². The minimum absolute atomic E-state index is 0.110. The first-order valence-electron chi connectivity index (χ1n) is 7.92. The van der Waals surface area contributed by atoms with Crippen LogP contribution in [0.3, 0.4) is 0 Å². The number of aromatic nitrogens is 1. The van der Waals surface area contributed by atoms with Crippen LogP contribution < -0.4 is 5.32 Å². The maximum absolute atomic E-state index is 12.9. The zero-order chi connectivity index (χ0) is 20.1. The number of nitro groups is 1. The molecule has 140 valence electrons. The van der Waals surface area contributed by atoms with Gasteiger partial charge in [-0.15, -0.1) is 0 Å². The third-order valence-electron chi connectivity index (χ3n) is 3.62. The maximum atomic E-state index is 12.9. The third-order valence-corrected chi connectivity index (χ3v) is 4.49. The van der Waals surface area contributed by atoms with Crippen molar-refractivity contribution in [1.82, 2.24) is 4.98 Å². The number of nitrogens with zero attached hydrogens (tertiary/aromatic N) is 2. The molecule has 7 nitrogen and oxygen atoms in total. The van der Waals surface area contributed by atoms with E-state index in [-0.39, 0.29) is 27.3 Å². The van der Waals surface area contributed by atoms with E-state index in [9.17, 15) is 24.1 Å². The fourth-order valence-corrected chi connectivity index (χ4v) is 2.83. The number of rotatable bonds is 6. The van der Waals surface area contributed by atoms with Gasteiger partial charge in [-0.3, -0.25) is 25.0 Å². The van der Waals surface area contributed by atoms with Crippen LogP contribution >= 0.6 is 11.3 Å². The van der Waals surface area contributed by atoms with Gasteiger partial charge in [0, 0.05) is 11.1 Å². The summed E-state index contributed by atoms with van der Waals surface area (Å²) in [5.41, 5.74) is 1.33. The van der Waals surface area contributed by atoms with Gasteiger partial charge in [0.15, 0.2) is 10.9 Å². The number of anilines is 1. The second kappa shape index (κ2) is 8.31. The molecule has 1 heterocycles. The van der Waals surface area contributed by atoms with Crippen LogP contribution in [0.5, 0.6) is 0 Å².